The van der Waals surface area contributed by atoms with Crippen molar-refractivity contribution in [1.82, 2.24) is 15.2 Å². The minimum atomic E-state index is -4.07. The van der Waals surface area contributed by atoms with Crippen LogP contribution in [-0.4, -0.2) is 34.7 Å². The number of hydrogen-bond acceptors (Lipinski definition) is 5. The van der Waals surface area contributed by atoms with Crippen LogP contribution in [0.25, 0.3) is 0 Å². The van der Waals surface area contributed by atoms with Crippen LogP contribution in [0.2, 0.25) is 0 Å². The maximum absolute atomic E-state index is 12.0. The molecule has 0 saturated carbocycles. The van der Waals surface area contributed by atoms with Crippen LogP contribution in [0, 0.1) is 6.92 Å². The molecule has 2 rings (SSSR count). The maximum atomic E-state index is 12.0. The van der Waals surface area contributed by atoms with E-state index >= 15 is 0 Å². The Kier molecular flexibility index (Phi) is 3.21. The van der Waals surface area contributed by atoms with Gasteiger partial charge in [-0.15, -0.1) is 0 Å². The number of hydrogen-bond donors (Lipinski definition) is 3. The van der Waals surface area contributed by atoms with Gasteiger partial charge >= 0.3 is 5.97 Å². The van der Waals surface area contributed by atoms with Gasteiger partial charge in [0.15, 0.2) is 5.03 Å². The van der Waals surface area contributed by atoms with Gasteiger partial charge in [0.25, 0.3) is 10.0 Å². The zero-order chi connectivity index (χ0) is 14.0. The second kappa shape index (κ2) is 4.69. The third-order valence-corrected chi connectivity index (χ3v) is 3.58. The molecular formula is C10H10N4O4S. The average molecular weight is 282 g/mol. The van der Waals surface area contributed by atoms with E-state index in [-0.39, 0.29) is 5.82 Å². The van der Waals surface area contributed by atoms with Crippen molar-refractivity contribution < 1.29 is 18.3 Å². The Bertz CT molecular complexity index is 723. The Balaban J connectivity index is 2.38. The first kappa shape index (κ1) is 13.0. The van der Waals surface area contributed by atoms with E-state index in [1.807, 2.05) is 0 Å². The highest BCUT2D eigenvalue weighted by Crippen LogP contribution is 2.16. The van der Waals surface area contributed by atoms with Crippen LogP contribution in [0.3, 0.4) is 0 Å². The molecule has 8 nitrogen and oxygen atoms in total. The first-order valence-corrected chi connectivity index (χ1v) is 6.60. The largest absolute Gasteiger partial charge is 0.478 e. The number of aromatic amines is 1. The van der Waals surface area contributed by atoms with Gasteiger partial charge in [-0.1, -0.05) is 0 Å². The van der Waals surface area contributed by atoms with Gasteiger partial charge in [-0.3, -0.25) is 9.82 Å². The van der Waals surface area contributed by atoms with Gasteiger partial charge in [0.2, 0.25) is 0 Å². The molecule has 3 N–H and O–H groups in total. The lowest BCUT2D eigenvalue weighted by Gasteiger charge is -2.06. The molecule has 0 unspecified atom stereocenters. The molecule has 0 saturated heterocycles. The average Bonchev–Trinajstić information content (AvgIpc) is 2.77. The summed E-state index contributed by atoms with van der Waals surface area (Å²) in [5.41, 5.74) is 0.385. The molecule has 0 aliphatic carbocycles. The summed E-state index contributed by atoms with van der Waals surface area (Å²) >= 11 is 0. The van der Waals surface area contributed by atoms with Gasteiger partial charge < -0.3 is 5.11 Å². The van der Waals surface area contributed by atoms with E-state index in [1.54, 1.807) is 13.0 Å². The predicted molar refractivity (Wildman–Crippen MR) is 65.3 cm³/mol. The number of rotatable bonds is 4. The van der Waals surface area contributed by atoms with Crippen molar-refractivity contribution in [2.45, 2.75) is 11.9 Å². The number of nitrogens with one attached hydrogen (secondary N) is 2. The Hall–Kier alpha value is -2.42. The lowest BCUT2D eigenvalue weighted by Crippen LogP contribution is -2.17. The van der Waals surface area contributed by atoms with Gasteiger partial charge in [-0.05, 0) is 24.6 Å². The normalized spacial score (nSPS) is 11.2. The number of aromatic carboxylic acids is 1. The minimum Gasteiger partial charge on any atom is -0.478 e. The minimum absolute atomic E-state index is 0.103. The summed E-state index contributed by atoms with van der Waals surface area (Å²) in [5.74, 6) is -1.28. The van der Waals surface area contributed by atoms with Gasteiger partial charge in [0.1, 0.15) is 11.4 Å². The van der Waals surface area contributed by atoms with E-state index in [1.165, 1.54) is 12.3 Å². The highest BCUT2D eigenvalue weighted by molar-refractivity contribution is 7.92. The van der Waals surface area contributed by atoms with Crippen LogP contribution in [0.4, 0.5) is 5.82 Å². The molecule has 19 heavy (non-hydrogen) atoms. The number of anilines is 1. The number of carbonyl (C=O) groups is 1. The number of carboxylic acids is 1. The highest BCUT2D eigenvalue weighted by atomic mass is 32.2. The Morgan fingerprint density at radius 2 is 2.21 bits per heavy atom. The number of H-pyrrole nitrogens is 1. The summed E-state index contributed by atoms with van der Waals surface area (Å²) in [6, 6.07) is 3.23. The van der Waals surface area contributed by atoms with Gasteiger partial charge in [0, 0.05) is 6.20 Å². The van der Waals surface area contributed by atoms with Crippen molar-refractivity contribution in [3.8, 4) is 0 Å². The molecule has 0 aliphatic rings. The number of carboxylic acid groups (broad SMARTS) is 1. The maximum Gasteiger partial charge on any atom is 0.340 e. The van der Waals surface area contributed by atoms with Crippen LogP contribution in [0.15, 0.2) is 29.6 Å². The molecular weight excluding hydrogens is 272 g/mol. The monoisotopic (exact) mass is 282 g/mol. The molecule has 0 fully saturated rings. The van der Waals surface area contributed by atoms with Crippen molar-refractivity contribution in [1.29, 1.82) is 0 Å². The van der Waals surface area contributed by atoms with E-state index in [0.717, 1.165) is 11.8 Å². The molecule has 2 aromatic rings. The fourth-order valence-corrected chi connectivity index (χ4v) is 2.50. The van der Waals surface area contributed by atoms with E-state index in [4.69, 9.17) is 5.11 Å². The quantitative estimate of drug-likeness (QED) is 0.754. The fraction of sp³-hybridized carbons (Fsp3) is 0.100. The predicted octanol–water partition coefficient (Wildman–Crippen LogP) is 0.612. The number of sulfonamides is 1. The van der Waals surface area contributed by atoms with E-state index < -0.39 is 26.6 Å². The summed E-state index contributed by atoms with van der Waals surface area (Å²) in [4.78, 5) is 14.7. The van der Waals surface area contributed by atoms with Crippen molar-refractivity contribution in [2.75, 3.05) is 4.72 Å². The second-order valence-electron chi connectivity index (χ2n) is 3.74. The molecule has 9 heteroatoms. The summed E-state index contributed by atoms with van der Waals surface area (Å²) < 4.78 is 26.2. The summed E-state index contributed by atoms with van der Waals surface area (Å²) in [6.07, 6.45) is 2.37. The second-order valence-corrected chi connectivity index (χ2v) is 5.36. The van der Waals surface area contributed by atoms with Crippen LogP contribution in [-0.2, 0) is 10.0 Å². The SMILES string of the molecule is Cc1ccnc(NS(=O)(=O)c2[nH]ncc2C(=O)O)c1. The standard InChI is InChI=1S/C10H10N4O4S/c1-6-2-3-11-8(4-6)14-19(17,18)9-7(10(15)16)5-12-13-9/h2-5H,1H3,(H,11,14)(H,12,13)(H,15,16). The third-order valence-electron chi connectivity index (χ3n) is 2.26. The molecule has 100 valence electrons. The summed E-state index contributed by atoms with van der Waals surface area (Å²) in [6.45, 7) is 1.78. The Labute approximate surface area is 108 Å². The van der Waals surface area contributed by atoms with Crippen LogP contribution in [0.5, 0.6) is 0 Å². The van der Waals surface area contributed by atoms with Crippen molar-refractivity contribution >= 4 is 21.8 Å². The zero-order valence-corrected chi connectivity index (χ0v) is 10.6. The van der Waals surface area contributed by atoms with Crippen LogP contribution >= 0.6 is 0 Å². The van der Waals surface area contributed by atoms with Crippen molar-refractivity contribution in [3.63, 3.8) is 0 Å². The van der Waals surface area contributed by atoms with Gasteiger partial charge in [-0.2, -0.15) is 13.5 Å². The Morgan fingerprint density at radius 3 is 2.84 bits per heavy atom. The Morgan fingerprint density at radius 1 is 1.47 bits per heavy atom. The molecule has 0 radical (unpaired) electrons. The third kappa shape index (κ3) is 2.71. The molecule has 2 aromatic heterocycles. The molecule has 0 spiro atoms. The van der Waals surface area contributed by atoms with E-state index in [2.05, 4.69) is 19.9 Å². The lowest BCUT2D eigenvalue weighted by atomic mass is 10.3. The molecule has 0 amide bonds. The van der Waals surface area contributed by atoms with Crippen molar-refractivity contribution in [3.05, 3.63) is 35.7 Å². The zero-order valence-electron chi connectivity index (χ0n) is 9.78. The molecule has 0 aromatic carbocycles. The number of nitrogens with zero attached hydrogens (tertiary/aromatic N) is 2. The number of aryl methyl sites for hydroxylation is 1. The first-order chi connectivity index (χ1) is 8.90. The number of aromatic nitrogens is 3. The van der Waals surface area contributed by atoms with Gasteiger partial charge in [0.05, 0.1) is 6.20 Å². The van der Waals surface area contributed by atoms with Crippen LogP contribution < -0.4 is 4.72 Å². The summed E-state index contributed by atoms with van der Waals surface area (Å²) in [7, 11) is -4.07. The topological polar surface area (TPSA) is 125 Å². The lowest BCUT2D eigenvalue weighted by molar-refractivity contribution is 0.0692. The fourth-order valence-electron chi connectivity index (χ4n) is 1.41. The number of pyridine rings is 1. The van der Waals surface area contributed by atoms with E-state index in [9.17, 15) is 13.2 Å². The molecule has 0 bridgehead atoms. The van der Waals surface area contributed by atoms with E-state index in [0.29, 0.717) is 0 Å². The molecule has 0 aliphatic heterocycles. The van der Waals surface area contributed by atoms with Gasteiger partial charge in [-0.25, -0.2) is 9.78 Å². The van der Waals surface area contributed by atoms with Crippen LogP contribution in [0.1, 0.15) is 15.9 Å². The molecule has 2 heterocycles. The smallest absolute Gasteiger partial charge is 0.340 e. The summed E-state index contributed by atoms with van der Waals surface area (Å²) in [5, 5.41) is 13.9. The first-order valence-electron chi connectivity index (χ1n) is 5.12. The highest BCUT2D eigenvalue weighted by Gasteiger charge is 2.25. The van der Waals surface area contributed by atoms with Crippen molar-refractivity contribution in [2.24, 2.45) is 0 Å². The molecule has 0 atom stereocenters.